The van der Waals surface area contributed by atoms with E-state index in [-0.39, 0.29) is 35.5 Å². The van der Waals surface area contributed by atoms with Crippen molar-refractivity contribution in [1.29, 1.82) is 0 Å². The van der Waals surface area contributed by atoms with E-state index < -0.39 is 28.5 Å². The molecular weight excluding hydrogens is 665 g/mol. The lowest BCUT2D eigenvalue weighted by Gasteiger charge is -2.34. The van der Waals surface area contributed by atoms with Gasteiger partial charge in [0.05, 0.1) is 17.2 Å². The first-order chi connectivity index (χ1) is 19.9. The second-order valence-corrected chi connectivity index (χ2v) is 13.3. The molecule has 226 valence electrons. The molecule has 0 saturated heterocycles. The number of hydrogen-bond donors (Lipinski definition) is 1. The highest BCUT2D eigenvalue weighted by atomic mass is 79.9. The Labute approximate surface area is 266 Å². The van der Waals surface area contributed by atoms with Gasteiger partial charge in [-0.05, 0) is 87.9 Å². The molecule has 0 unspecified atom stereocenters. The van der Waals surface area contributed by atoms with Gasteiger partial charge in [0.1, 0.15) is 18.3 Å². The topological polar surface area (TPSA) is 96.0 Å². The summed E-state index contributed by atoms with van der Waals surface area (Å²) < 4.78 is 35.2. The predicted octanol–water partition coefficient (Wildman–Crippen LogP) is 6.68. The molecule has 3 rings (SSSR count). The van der Waals surface area contributed by atoms with E-state index in [4.69, 9.17) is 27.9 Å². The Kier molecular flexibility index (Phi) is 12.1. The van der Waals surface area contributed by atoms with Gasteiger partial charge in [0.25, 0.3) is 10.0 Å². The van der Waals surface area contributed by atoms with Crippen molar-refractivity contribution < 1.29 is 22.7 Å². The van der Waals surface area contributed by atoms with Gasteiger partial charge in [-0.2, -0.15) is 0 Å². The van der Waals surface area contributed by atoms with Crippen molar-refractivity contribution in [2.45, 2.75) is 57.6 Å². The number of benzene rings is 3. The quantitative estimate of drug-likeness (QED) is 0.215. The average molecular weight is 699 g/mol. The maximum Gasteiger partial charge on any atom is 0.264 e. The zero-order valence-corrected chi connectivity index (χ0v) is 27.7. The van der Waals surface area contributed by atoms with Crippen molar-refractivity contribution in [3.8, 4) is 5.75 Å². The van der Waals surface area contributed by atoms with Crippen LogP contribution in [-0.2, 0) is 26.2 Å². The van der Waals surface area contributed by atoms with Crippen LogP contribution >= 0.6 is 39.1 Å². The van der Waals surface area contributed by atoms with Crippen LogP contribution < -0.4 is 14.4 Å². The number of sulfonamides is 1. The second kappa shape index (κ2) is 15.1. The largest absolute Gasteiger partial charge is 0.494 e. The number of amides is 2. The molecule has 0 aliphatic heterocycles. The predicted molar refractivity (Wildman–Crippen MR) is 171 cm³/mol. The van der Waals surface area contributed by atoms with E-state index >= 15 is 0 Å². The molecule has 42 heavy (non-hydrogen) atoms. The lowest BCUT2D eigenvalue weighted by atomic mass is 10.1. The molecule has 12 heteroatoms. The molecular formula is C30H34BrCl2N3O5S. The molecule has 1 N–H and O–H groups in total. The molecule has 0 aliphatic rings. The van der Waals surface area contributed by atoms with E-state index in [1.807, 2.05) is 20.8 Å². The number of nitrogens with zero attached hydrogens (tertiary/aromatic N) is 2. The summed E-state index contributed by atoms with van der Waals surface area (Å²) in [6.07, 6.45) is 0.273. The Hall–Kier alpha value is -2.79. The third-order valence-electron chi connectivity index (χ3n) is 6.32. The third kappa shape index (κ3) is 8.40. The van der Waals surface area contributed by atoms with Gasteiger partial charge < -0.3 is 15.0 Å². The fourth-order valence-electron chi connectivity index (χ4n) is 4.29. The number of carbonyl (C=O) groups excluding carboxylic acids is 2. The van der Waals surface area contributed by atoms with E-state index in [2.05, 4.69) is 21.2 Å². The summed E-state index contributed by atoms with van der Waals surface area (Å²) in [4.78, 5) is 28.8. The summed E-state index contributed by atoms with van der Waals surface area (Å²) in [6, 6.07) is 16.4. The first kappa shape index (κ1) is 33.7. The van der Waals surface area contributed by atoms with Crippen molar-refractivity contribution in [1.82, 2.24) is 10.2 Å². The first-order valence-electron chi connectivity index (χ1n) is 13.4. The smallest absolute Gasteiger partial charge is 0.264 e. The van der Waals surface area contributed by atoms with Gasteiger partial charge in [0, 0.05) is 32.7 Å². The van der Waals surface area contributed by atoms with Crippen molar-refractivity contribution in [2.24, 2.45) is 0 Å². The Morgan fingerprint density at radius 1 is 0.952 bits per heavy atom. The van der Waals surface area contributed by atoms with Crippen LogP contribution in [0.15, 0.2) is 76.1 Å². The number of halogens is 3. The van der Waals surface area contributed by atoms with E-state index in [1.165, 1.54) is 17.0 Å². The maximum atomic E-state index is 14.2. The molecule has 0 saturated carbocycles. The van der Waals surface area contributed by atoms with Gasteiger partial charge in [-0.1, -0.05) is 52.1 Å². The van der Waals surface area contributed by atoms with Crippen LogP contribution in [0.5, 0.6) is 5.75 Å². The van der Waals surface area contributed by atoms with E-state index in [0.717, 1.165) is 4.31 Å². The highest BCUT2D eigenvalue weighted by Gasteiger charge is 2.34. The highest BCUT2D eigenvalue weighted by molar-refractivity contribution is 9.10. The Morgan fingerprint density at radius 3 is 2.07 bits per heavy atom. The zero-order chi connectivity index (χ0) is 31.0. The molecule has 0 fully saturated rings. The standard InChI is InChI=1S/C30H34BrCl2N3O5S/c1-5-28(30(38)34-20(3)4)35(18-25-26(32)8-7-9-27(25)33)29(37)19-36(22-12-14-23(15-13-22)41-6-2)42(39,40)24-16-10-21(31)11-17-24/h7-17,20,28H,5-6,18-19H2,1-4H3,(H,34,38)/t28-/m0/s1. The lowest BCUT2D eigenvalue weighted by molar-refractivity contribution is -0.140. The molecule has 0 spiro atoms. The molecule has 0 aromatic heterocycles. The van der Waals surface area contributed by atoms with Crippen molar-refractivity contribution in [3.63, 3.8) is 0 Å². The number of rotatable bonds is 13. The van der Waals surface area contributed by atoms with Crippen LogP contribution in [0.25, 0.3) is 0 Å². The Morgan fingerprint density at radius 2 is 1.55 bits per heavy atom. The minimum Gasteiger partial charge on any atom is -0.494 e. The number of ether oxygens (including phenoxy) is 1. The van der Waals surface area contributed by atoms with Crippen LogP contribution in [0, 0.1) is 0 Å². The first-order valence-corrected chi connectivity index (χ1v) is 16.4. The number of anilines is 1. The van der Waals surface area contributed by atoms with Crippen molar-refractivity contribution >= 4 is 66.7 Å². The SMILES string of the molecule is CCOc1ccc(N(CC(=O)N(Cc2c(Cl)cccc2Cl)[C@@H](CC)C(=O)NC(C)C)S(=O)(=O)c2ccc(Br)cc2)cc1. The summed E-state index contributed by atoms with van der Waals surface area (Å²) in [6.45, 7) is 7.02. The Balaban J connectivity index is 2.10. The maximum absolute atomic E-state index is 14.2. The number of nitrogens with one attached hydrogen (secondary N) is 1. The van der Waals surface area contributed by atoms with Crippen LogP contribution in [0.2, 0.25) is 10.0 Å². The van der Waals surface area contributed by atoms with Crippen LogP contribution in [0.1, 0.15) is 39.7 Å². The van der Waals surface area contributed by atoms with Gasteiger partial charge in [0.2, 0.25) is 11.8 Å². The van der Waals surface area contributed by atoms with Gasteiger partial charge in [-0.25, -0.2) is 8.42 Å². The molecule has 3 aromatic rings. The van der Waals surface area contributed by atoms with Gasteiger partial charge in [-0.3, -0.25) is 13.9 Å². The normalized spacial score (nSPS) is 12.1. The van der Waals surface area contributed by atoms with E-state index in [0.29, 0.717) is 32.4 Å². The molecule has 8 nitrogen and oxygen atoms in total. The third-order valence-corrected chi connectivity index (χ3v) is 9.35. The van der Waals surface area contributed by atoms with Gasteiger partial charge in [0.15, 0.2) is 0 Å². The number of carbonyl (C=O) groups is 2. The van der Waals surface area contributed by atoms with Crippen LogP contribution in [-0.4, -0.2) is 50.4 Å². The molecule has 0 bridgehead atoms. The summed E-state index contributed by atoms with van der Waals surface area (Å²) in [5, 5.41) is 3.51. The van der Waals surface area contributed by atoms with Crippen LogP contribution in [0.3, 0.4) is 0 Å². The zero-order valence-electron chi connectivity index (χ0n) is 23.8. The fraction of sp³-hybridized carbons (Fsp3) is 0.333. The van der Waals surface area contributed by atoms with Crippen LogP contribution in [0.4, 0.5) is 5.69 Å². The molecule has 0 aliphatic carbocycles. The number of hydrogen-bond acceptors (Lipinski definition) is 5. The van der Waals surface area contributed by atoms with E-state index in [1.54, 1.807) is 61.5 Å². The molecule has 1 atom stereocenters. The summed E-state index contributed by atoms with van der Waals surface area (Å²) in [5.41, 5.74) is 0.707. The molecule has 3 aromatic carbocycles. The molecule has 0 radical (unpaired) electrons. The van der Waals surface area contributed by atoms with Crippen molar-refractivity contribution in [3.05, 3.63) is 86.8 Å². The summed E-state index contributed by atoms with van der Waals surface area (Å²) >= 11 is 16.2. The minimum atomic E-state index is -4.21. The van der Waals surface area contributed by atoms with Gasteiger partial charge in [-0.15, -0.1) is 0 Å². The lowest BCUT2D eigenvalue weighted by Crippen LogP contribution is -2.53. The second-order valence-electron chi connectivity index (χ2n) is 9.70. The van der Waals surface area contributed by atoms with E-state index in [9.17, 15) is 18.0 Å². The minimum absolute atomic E-state index is 0.00215. The van der Waals surface area contributed by atoms with Crippen molar-refractivity contribution in [2.75, 3.05) is 17.5 Å². The fourth-order valence-corrected chi connectivity index (χ4v) is 6.49. The summed E-state index contributed by atoms with van der Waals surface area (Å²) in [7, 11) is -4.21. The molecule has 0 heterocycles. The highest BCUT2D eigenvalue weighted by Crippen LogP contribution is 2.30. The average Bonchev–Trinajstić information content (AvgIpc) is 2.93. The molecule has 2 amide bonds. The summed E-state index contributed by atoms with van der Waals surface area (Å²) in [5.74, 6) is -0.418. The van der Waals surface area contributed by atoms with Gasteiger partial charge >= 0.3 is 0 Å². The monoisotopic (exact) mass is 697 g/mol. The Bertz CT molecular complexity index is 1470.